The summed E-state index contributed by atoms with van der Waals surface area (Å²) in [7, 11) is 0. The van der Waals surface area contributed by atoms with Crippen molar-refractivity contribution in [2.24, 2.45) is 0 Å². The number of hydrogen-bond donors (Lipinski definition) is 2. The molecule has 0 fully saturated rings. The van der Waals surface area contributed by atoms with Crippen LogP contribution in [0.25, 0.3) is 0 Å². The third kappa shape index (κ3) is 3.96. The van der Waals surface area contributed by atoms with Crippen molar-refractivity contribution in [1.29, 1.82) is 0 Å². The van der Waals surface area contributed by atoms with Gasteiger partial charge in [-0.05, 0) is 61.7 Å². The predicted molar refractivity (Wildman–Crippen MR) is 97.4 cm³/mol. The summed E-state index contributed by atoms with van der Waals surface area (Å²) in [5.74, 6) is 0.853. The average molecular weight is 354 g/mol. The average Bonchev–Trinajstić information content (AvgIpc) is 3.09. The summed E-state index contributed by atoms with van der Waals surface area (Å²) in [6.45, 7) is 5.94. The topological polar surface area (TPSA) is 76.7 Å². The molecular formula is C20H22N2O4. The van der Waals surface area contributed by atoms with Crippen molar-refractivity contribution >= 4 is 11.8 Å². The maximum atomic E-state index is 12.2. The first-order chi connectivity index (χ1) is 12.4. The molecule has 2 aromatic carbocycles. The van der Waals surface area contributed by atoms with Crippen molar-refractivity contribution < 1.29 is 19.1 Å². The number of hydrogen-bond acceptors (Lipinski definition) is 4. The molecule has 1 atom stereocenters. The Morgan fingerprint density at radius 2 is 1.81 bits per heavy atom. The van der Waals surface area contributed by atoms with Crippen molar-refractivity contribution in [2.45, 2.75) is 26.8 Å². The Balaban J connectivity index is 1.53. The van der Waals surface area contributed by atoms with E-state index in [9.17, 15) is 9.59 Å². The van der Waals surface area contributed by atoms with Crippen molar-refractivity contribution in [3.05, 3.63) is 58.7 Å². The summed E-state index contributed by atoms with van der Waals surface area (Å²) in [6.07, 6.45) is 0. The van der Waals surface area contributed by atoms with Gasteiger partial charge in [0.25, 0.3) is 5.91 Å². The van der Waals surface area contributed by atoms with Gasteiger partial charge in [-0.3, -0.25) is 9.59 Å². The van der Waals surface area contributed by atoms with Crippen molar-refractivity contribution in [1.82, 2.24) is 10.6 Å². The van der Waals surface area contributed by atoms with Gasteiger partial charge in [0.1, 0.15) is 0 Å². The van der Waals surface area contributed by atoms with Gasteiger partial charge in [-0.2, -0.15) is 0 Å². The zero-order valence-electron chi connectivity index (χ0n) is 15.1. The van der Waals surface area contributed by atoms with Crippen LogP contribution in [0.15, 0.2) is 36.4 Å². The van der Waals surface area contributed by atoms with E-state index in [-0.39, 0.29) is 31.2 Å². The summed E-state index contributed by atoms with van der Waals surface area (Å²) in [5, 5.41) is 5.51. The minimum absolute atomic E-state index is 0.0827. The molecule has 26 heavy (non-hydrogen) atoms. The summed E-state index contributed by atoms with van der Waals surface area (Å²) < 4.78 is 10.6. The highest BCUT2D eigenvalue weighted by atomic mass is 16.7. The van der Waals surface area contributed by atoms with Crippen LogP contribution in [0.2, 0.25) is 0 Å². The van der Waals surface area contributed by atoms with Gasteiger partial charge in [-0.1, -0.05) is 12.1 Å². The van der Waals surface area contributed by atoms with Crippen LogP contribution in [-0.4, -0.2) is 25.2 Å². The molecule has 1 heterocycles. The number of ether oxygens (including phenoxy) is 2. The van der Waals surface area contributed by atoms with E-state index >= 15 is 0 Å². The van der Waals surface area contributed by atoms with Gasteiger partial charge >= 0.3 is 0 Å². The highest BCUT2D eigenvalue weighted by Crippen LogP contribution is 2.34. The van der Waals surface area contributed by atoms with Crippen LogP contribution < -0.4 is 20.1 Å². The fraction of sp³-hybridized carbons (Fsp3) is 0.300. The SMILES string of the molecule is Cc1ccc(C(=O)NCC(=O)N[C@@H](C)c2ccc3c(c2)OCO3)cc1C. The zero-order valence-corrected chi connectivity index (χ0v) is 15.1. The lowest BCUT2D eigenvalue weighted by atomic mass is 10.1. The third-order valence-corrected chi connectivity index (χ3v) is 4.45. The smallest absolute Gasteiger partial charge is 0.251 e. The Kier molecular flexibility index (Phi) is 5.11. The van der Waals surface area contributed by atoms with E-state index in [1.165, 1.54) is 0 Å². The third-order valence-electron chi connectivity index (χ3n) is 4.45. The van der Waals surface area contributed by atoms with E-state index in [2.05, 4.69) is 10.6 Å². The largest absolute Gasteiger partial charge is 0.454 e. The maximum Gasteiger partial charge on any atom is 0.251 e. The van der Waals surface area contributed by atoms with Gasteiger partial charge in [0.2, 0.25) is 12.7 Å². The highest BCUT2D eigenvalue weighted by molar-refractivity contribution is 5.96. The van der Waals surface area contributed by atoms with Gasteiger partial charge in [-0.15, -0.1) is 0 Å². The minimum atomic E-state index is -0.265. The quantitative estimate of drug-likeness (QED) is 0.865. The van der Waals surface area contributed by atoms with E-state index in [0.717, 1.165) is 16.7 Å². The van der Waals surface area contributed by atoms with Crippen LogP contribution in [0, 0.1) is 13.8 Å². The molecule has 0 saturated carbocycles. The number of carbonyl (C=O) groups is 2. The van der Waals surface area contributed by atoms with Crippen LogP contribution in [0.5, 0.6) is 11.5 Å². The first-order valence-electron chi connectivity index (χ1n) is 8.48. The normalized spacial score (nSPS) is 13.2. The number of amides is 2. The number of nitrogens with one attached hydrogen (secondary N) is 2. The van der Waals surface area contributed by atoms with E-state index in [1.807, 2.05) is 51.1 Å². The molecule has 136 valence electrons. The molecule has 6 heteroatoms. The summed E-state index contributed by atoms with van der Waals surface area (Å²) in [6, 6.07) is 10.8. The van der Waals surface area contributed by atoms with Crippen LogP contribution in [0.1, 0.15) is 40.0 Å². The standard InChI is InChI=1S/C20H22N2O4/c1-12-4-5-16(8-13(12)2)20(24)21-10-19(23)22-14(3)15-6-7-17-18(9-15)26-11-25-17/h4-9,14H,10-11H2,1-3H3,(H,21,24)(H,22,23)/t14-/m0/s1. The molecule has 2 aromatic rings. The van der Waals surface area contributed by atoms with Crippen molar-refractivity contribution in [3.8, 4) is 11.5 Å². The monoisotopic (exact) mass is 354 g/mol. The van der Waals surface area contributed by atoms with E-state index < -0.39 is 0 Å². The second kappa shape index (κ2) is 7.47. The number of fused-ring (bicyclic) bond motifs is 1. The molecule has 0 saturated heterocycles. The molecule has 2 N–H and O–H groups in total. The molecule has 1 aliphatic rings. The maximum absolute atomic E-state index is 12.2. The lowest BCUT2D eigenvalue weighted by Gasteiger charge is -2.15. The number of rotatable bonds is 5. The Morgan fingerprint density at radius 1 is 1.04 bits per heavy atom. The van der Waals surface area contributed by atoms with Crippen LogP contribution >= 0.6 is 0 Å². The lowest BCUT2D eigenvalue weighted by molar-refractivity contribution is -0.120. The van der Waals surface area contributed by atoms with Crippen molar-refractivity contribution in [2.75, 3.05) is 13.3 Å². The molecule has 2 amide bonds. The van der Waals surface area contributed by atoms with Gasteiger partial charge < -0.3 is 20.1 Å². The van der Waals surface area contributed by atoms with Gasteiger partial charge in [0.05, 0.1) is 12.6 Å². The zero-order chi connectivity index (χ0) is 18.7. The molecular weight excluding hydrogens is 332 g/mol. The Hall–Kier alpha value is -3.02. The number of benzene rings is 2. The fourth-order valence-corrected chi connectivity index (χ4v) is 2.70. The molecule has 1 aliphatic heterocycles. The van der Waals surface area contributed by atoms with Gasteiger partial charge in [0, 0.05) is 5.56 Å². The Bertz CT molecular complexity index is 848. The Labute approximate surface area is 152 Å². The fourth-order valence-electron chi connectivity index (χ4n) is 2.70. The first kappa shape index (κ1) is 17.8. The summed E-state index contributed by atoms with van der Waals surface area (Å²) >= 11 is 0. The Morgan fingerprint density at radius 3 is 2.58 bits per heavy atom. The van der Waals surface area contributed by atoms with E-state index in [4.69, 9.17) is 9.47 Å². The first-order valence-corrected chi connectivity index (χ1v) is 8.48. The second-order valence-corrected chi connectivity index (χ2v) is 6.38. The van der Waals surface area contributed by atoms with Crippen LogP contribution in [-0.2, 0) is 4.79 Å². The van der Waals surface area contributed by atoms with Crippen LogP contribution in [0.3, 0.4) is 0 Å². The lowest BCUT2D eigenvalue weighted by Crippen LogP contribution is -2.38. The van der Waals surface area contributed by atoms with Gasteiger partial charge in [0.15, 0.2) is 11.5 Å². The molecule has 6 nitrogen and oxygen atoms in total. The van der Waals surface area contributed by atoms with E-state index in [1.54, 1.807) is 6.07 Å². The highest BCUT2D eigenvalue weighted by Gasteiger charge is 2.17. The minimum Gasteiger partial charge on any atom is -0.454 e. The molecule has 0 aromatic heterocycles. The predicted octanol–water partition coefficient (Wildman–Crippen LogP) is 2.64. The van der Waals surface area contributed by atoms with Crippen LogP contribution in [0.4, 0.5) is 0 Å². The molecule has 0 radical (unpaired) electrons. The molecule has 0 aliphatic carbocycles. The molecule has 3 rings (SSSR count). The molecule has 0 spiro atoms. The molecule has 0 unspecified atom stereocenters. The van der Waals surface area contributed by atoms with E-state index in [0.29, 0.717) is 17.1 Å². The van der Waals surface area contributed by atoms with Gasteiger partial charge in [-0.25, -0.2) is 0 Å². The summed E-state index contributed by atoms with van der Waals surface area (Å²) in [4.78, 5) is 24.3. The number of carbonyl (C=O) groups excluding carboxylic acids is 2. The molecule has 0 bridgehead atoms. The van der Waals surface area contributed by atoms with Crippen molar-refractivity contribution in [3.63, 3.8) is 0 Å². The number of aryl methyl sites for hydroxylation is 2. The summed E-state index contributed by atoms with van der Waals surface area (Å²) in [5.41, 5.74) is 3.61. The second-order valence-electron chi connectivity index (χ2n) is 6.38.